The van der Waals surface area contributed by atoms with Crippen LogP contribution in [0.4, 0.5) is 13.2 Å². The molecule has 4 heterocycles. The van der Waals surface area contributed by atoms with Gasteiger partial charge in [0.1, 0.15) is 17.0 Å². The van der Waals surface area contributed by atoms with Crippen molar-refractivity contribution in [2.24, 2.45) is 0 Å². The van der Waals surface area contributed by atoms with Gasteiger partial charge in [-0.15, -0.1) is 5.73 Å². The highest BCUT2D eigenvalue weighted by Crippen LogP contribution is 2.41. The first-order valence-electron chi connectivity index (χ1n) is 11.2. The molecule has 1 saturated heterocycles. The Bertz CT molecular complexity index is 1330. The first kappa shape index (κ1) is 23.8. The van der Waals surface area contributed by atoms with Gasteiger partial charge in [0.15, 0.2) is 5.65 Å². The normalized spacial score (nSPS) is 20.1. The lowest BCUT2D eigenvalue weighted by Gasteiger charge is -2.29. The lowest BCUT2D eigenvalue weighted by Crippen LogP contribution is -2.22. The minimum absolute atomic E-state index is 0. The molecule has 7 nitrogen and oxygen atoms in total. The molecule has 2 atom stereocenters. The fraction of sp³-hybridized carbons (Fsp3) is 0.417. The highest BCUT2D eigenvalue weighted by molar-refractivity contribution is 5.87. The van der Waals surface area contributed by atoms with E-state index in [1.54, 1.807) is 25.4 Å². The number of ether oxygens (including phenoxy) is 1. The molecule has 0 saturated carbocycles. The Morgan fingerprint density at radius 2 is 1.97 bits per heavy atom. The summed E-state index contributed by atoms with van der Waals surface area (Å²) in [4.78, 5) is 32.0. The van der Waals surface area contributed by atoms with Crippen LogP contribution in [-0.4, -0.2) is 37.7 Å². The second-order valence-corrected chi connectivity index (χ2v) is 7.94. The van der Waals surface area contributed by atoms with Gasteiger partial charge >= 0.3 is 6.18 Å². The molecule has 1 aliphatic carbocycles. The zero-order chi connectivity index (χ0) is 24.5. The molecule has 0 spiro atoms. The van der Waals surface area contributed by atoms with Gasteiger partial charge in [0, 0.05) is 44.4 Å². The molecule has 1 fully saturated rings. The van der Waals surface area contributed by atoms with Crippen molar-refractivity contribution < 1.29 is 19.3 Å². The van der Waals surface area contributed by atoms with E-state index in [9.17, 15) is 18.0 Å². The van der Waals surface area contributed by atoms with Crippen LogP contribution >= 0.6 is 0 Å². The van der Waals surface area contributed by atoms with E-state index in [1.807, 2.05) is 13.8 Å². The van der Waals surface area contributed by atoms with E-state index in [0.717, 1.165) is 5.56 Å². The van der Waals surface area contributed by atoms with Crippen molar-refractivity contribution in [3.8, 4) is 0 Å². The Balaban J connectivity index is 0.00000111. The Morgan fingerprint density at radius 1 is 1.21 bits per heavy atom. The van der Waals surface area contributed by atoms with E-state index >= 15 is 0 Å². The topological polar surface area (TPSA) is 93.7 Å². The number of nitrogens with zero attached hydrogens (tertiary/aromatic N) is 4. The smallest absolute Gasteiger partial charge is 0.373 e. The highest BCUT2D eigenvalue weighted by atomic mass is 19.4. The van der Waals surface area contributed by atoms with Gasteiger partial charge in [-0.25, -0.2) is 19.9 Å². The summed E-state index contributed by atoms with van der Waals surface area (Å²) < 4.78 is 44.7. The monoisotopic (exact) mass is 473 g/mol. The number of aromatic nitrogens is 5. The average Bonchev–Trinajstić information content (AvgIpc) is 2.78. The number of alkyl halides is 3. The maximum atomic E-state index is 12.9. The molecule has 5 rings (SSSR count). The van der Waals surface area contributed by atoms with Crippen LogP contribution in [0.2, 0.25) is 0 Å². The molecule has 0 bridgehead atoms. The van der Waals surface area contributed by atoms with Gasteiger partial charge in [0.25, 0.3) is 0 Å². The molecule has 180 valence electrons. The molecular formula is C24H26F3N5O2. The number of allylic oxidation sites excluding steroid dienone is 1. The quantitative estimate of drug-likeness (QED) is 0.526. The lowest BCUT2D eigenvalue weighted by molar-refractivity contribution is -0.0934. The van der Waals surface area contributed by atoms with Crippen molar-refractivity contribution in [3.63, 3.8) is 0 Å². The van der Waals surface area contributed by atoms with Crippen LogP contribution in [0, 0.1) is 6.92 Å². The Hall–Kier alpha value is -3.36. The molecule has 3 aromatic rings. The highest BCUT2D eigenvalue weighted by Gasteiger charge is 2.39. The summed E-state index contributed by atoms with van der Waals surface area (Å²) in [7, 11) is 0. The zero-order valence-electron chi connectivity index (χ0n) is 19.0. The molecule has 1 N–H and O–H groups in total. The summed E-state index contributed by atoms with van der Waals surface area (Å²) in [5, 5.41) is 0. The second kappa shape index (κ2) is 9.48. The number of H-pyrrole nitrogens is 1. The van der Waals surface area contributed by atoms with E-state index in [-0.39, 0.29) is 25.4 Å². The lowest BCUT2D eigenvalue weighted by atomic mass is 9.90. The second-order valence-electron chi connectivity index (χ2n) is 7.94. The Labute approximate surface area is 195 Å². The van der Waals surface area contributed by atoms with Gasteiger partial charge < -0.3 is 9.72 Å². The van der Waals surface area contributed by atoms with Gasteiger partial charge in [0.2, 0.25) is 5.56 Å². The molecule has 0 radical (unpaired) electrons. The number of nitrogens with one attached hydrogen (secondary N) is 1. The first-order chi connectivity index (χ1) is 16.3. The fourth-order valence-corrected chi connectivity index (χ4v) is 3.94. The van der Waals surface area contributed by atoms with E-state index in [2.05, 4.69) is 30.7 Å². The van der Waals surface area contributed by atoms with Crippen molar-refractivity contribution in [2.45, 2.75) is 58.2 Å². The number of aryl methyl sites for hydroxylation is 1. The number of hydrogen-bond donors (Lipinski definition) is 1. The summed E-state index contributed by atoms with van der Waals surface area (Å²) >= 11 is 0. The van der Waals surface area contributed by atoms with Crippen molar-refractivity contribution in [2.75, 3.05) is 6.61 Å². The maximum absolute atomic E-state index is 12.9. The van der Waals surface area contributed by atoms with Crippen LogP contribution in [0.3, 0.4) is 0 Å². The van der Waals surface area contributed by atoms with E-state index < -0.39 is 11.7 Å². The molecule has 0 aromatic carbocycles. The number of pyridine rings is 1. The first-order valence-corrected chi connectivity index (χ1v) is 11.2. The summed E-state index contributed by atoms with van der Waals surface area (Å²) in [6.07, 6.45) is -0.522. The molecule has 34 heavy (non-hydrogen) atoms. The zero-order valence-corrected chi connectivity index (χ0v) is 19.0. The Kier molecular flexibility index (Phi) is 6.63. The van der Waals surface area contributed by atoms with Gasteiger partial charge in [-0.1, -0.05) is 13.8 Å². The van der Waals surface area contributed by atoms with Gasteiger partial charge in [-0.2, -0.15) is 13.2 Å². The summed E-state index contributed by atoms with van der Waals surface area (Å²) in [6, 6.07) is 3.16. The van der Waals surface area contributed by atoms with Crippen LogP contribution in [0.15, 0.2) is 40.6 Å². The van der Waals surface area contributed by atoms with E-state index in [1.165, 1.54) is 6.07 Å². The number of rotatable bonds is 3. The third-order valence-electron chi connectivity index (χ3n) is 5.66. The minimum Gasteiger partial charge on any atom is -0.373 e. The molecule has 2 aliphatic rings. The van der Waals surface area contributed by atoms with Crippen LogP contribution in [0.1, 0.15) is 69.3 Å². The SMILES string of the molecule is CC.Cc1cnc2c(C3=C=C(C(F)(F)F)C3)nc(C3CCOC(c4ccc(=O)[nH]c4)C3)nc2n1.[HH]. The van der Waals surface area contributed by atoms with E-state index in [0.29, 0.717) is 53.4 Å². The molecule has 3 aromatic heterocycles. The van der Waals surface area contributed by atoms with E-state index in [4.69, 9.17) is 4.74 Å². The largest absolute Gasteiger partial charge is 0.420 e. The van der Waals surface area contributed by atoms with Crippen LogP contribution < -0.4 is 5.56 Å². The number of hydrogen-bond acceptors (Lipinski definition) is 6. The van der Waals surface area contributed by atoms with Crippen LogP contribution in [-0.2, 0) is 4.74 Å². The third-order valence-corrected chi connectivity index (χ3v) is 5.66. The van der Waals surface area contributed by atoms with Crippen molar-refractivity contribution in [1.29, 1.82) is 0 Å². The van der Waals surface area contributed by atoms with Gasteiger partial charge in [0.05, 0.1) is 17.4 Å². The van der Waals surface area contributed by atoms with Gasteiger partial charge in [-0.05, 0) is 31.4 Å². The molecule has 0 amide bonds. The summed E-state index contributed by atoms with van der Waals surface area (Å²) in [6.45, 7) is 6.24. The molecule has 1 aliphatic heterocycles. The number of fused-ring (bicyclic) bond motifs is 1. The number of halogens is 3. The number of aromatic amines is 1. The molecular weight excluding hydrogens is 447 g/mol. The van der Waals surface area contributed by atoms with Crippen LogP contribution in [0.5, 0.6) is 0 Å². The standard InChI is InChI=1S/C22H18F3N5O2.C2H6.H2/c1-11-9-27-19-18(14-6-15(7-14)22(23,24)25)29-20(30-21(19)28-11)12-4-5-32-16(8-12)13-2-3-17(31)26-10-13;1-2;/h2-3,9-10,12,16H,4-6,8H2,1H3,(H,26,31);1-2H3;1H. The molecule has 2 unspecified atom stereocenters. The summed E-state index contributed by atoms with van der Waals surface area (Å²) in [5.74, 6) is 0.415. The third kappa shape index (κ3) is 4.78. The fourth-order valence-electron chi connectivity index (χ4n) is 3.94. The predicted octanol–water partition coefficient (Wildman–Crippen LogP) is 5.20. The maximum Gasteiger partial charge on any atom is 0.420 e. The van der Waals surface area contributed by atoms with Crippen molar-refractivity contribution in [3.05, 3.63) is 69.0 Å². The Morgan fingerprint density at radius 3 is 2.65 bits per heavy atom. The van der Waals surface area contributed by atoms with Gasteiger partial charge in [-0.3, -0.25) is 4.79 Å². The predicted molar refractivity (Wildman–Crippen MR) is 122 cm³/mol. The van der Waals surface area contributed by atoms with Crippen LogP contribution in [0.25, 0.3) is 16.7 Å². The minimum atomic E-state index is -4.40. The summed E-state index contributed by atoms with van der Waals surface area (Å²) in [5.41, 5.74) is 4.42. The average molecular weight is 473 g/mol. The molecule has 10 heteroatoms. The van der Waals surface area contributed by atoms with Crippen molar-refractivity contribution in [1.82, 2.24) is 24.9 Å². The van der Waals surface area contributed by atoms with Crippen molar-refractivity contribution >= 4 is 16.7 Å².